The first-order valence-electron chi connectivity index (χ1n) is 10.1. The van der Waals surface area contributed by atoms with E-state index in [0.29, 0.717) is 46.1 Å². The summed E-state index contributed by atoms with van der Waals surface area (Å²) < 4.78 is 0. The van der Waals surface area contributed by atoms with Gasteiger partial charge in [-0.3, -0.25) is 9.59 Å². The first-order chi connectivity index (χ1) is 14.8. The van der Waals surface area contributed by atoms with Crippen molar-refractivity contribution >= 4 is 34.8 Å². The van der Waals surface area contributed by atoms with Gasteiger partial charge < -0.3 is 15.3 Å². The van der Waals surface area contributed by atoms with Gasteiger partial charge in [0.25, 0.3) is 11.8 Å². The Kier molecular flexibility index (Phi) is 5.81. The van der Waals surface area contributed by atoms with E-state index in [9.17, 15) is 14.7 Å². The van der Waals surface area contributed by atoms with Crippen LogP contribution in [0.3, 0.4) is 0 Å². The number of aryl methyl sites for hydroxylation is 2. The van der Waals surface area contributed by atoms with Crippen LogP contribution in [0.25, 0.3) is 0 Å². The molecule has 158 valence electrons. The van der Waals surface area contributed by atoms with Crippen LogP contribution in [-0.2, 0) is 0 Å². The van der Waals surface area contributed by atoms with Crippen molar-refractivity contribution in [2.45, 2.75) is 26.4 Å². The number of hydrogen-bond acceptors (Lipinski definition) is 3. The fraction of sp³-hybridized carbons (Fsp3) is 0.200. The lowest BCUT2D eigenvalue weighted by molar-refractivity contribution is 0.0969. The minimum Gasteiger partial charge on any atom is -0.388 e. The summed E-state index contributed by atoms with van der Waals surface area (Å²) >= 11 is 6.08. The van der Waals surface area contributed by atoms with E-state index in [0.717, 1.165) is 11.1 Å². The molecule has 0 aliphatic carbocycles. The number of nitrogens with one attached hydrogen (secondary N) is 1. The molecular formula is C25H23ClN2O3. The van der Waals surface area contributed by atoms with Gasteiger partial charge in [0.1, 0.15) is 0 Å². The second kappa shape index (κ2) is 8.53. The summed E-state index contributed by atoms with van der Waals surface area (Å²) in [6.45, 7) is 4.15. The predicted molar refractivity (Wildman–Crippen MR) is 123 cm³/mol. The van der Waals surface area contributed by atoms with E-state index in [2.05, 4.69) is 5.32 Å². The summed E-state index contributed by atoms with van der Waals surface area (Å²) in [6, 6.07) is 17.8. The number of rotatable bonds is 3. The monoisotopic (exact) mass is 434 g/mol. The minimum absolute atomic E-state index is 0.148. The first kappa shape index (κ1) is 21.1. The Morgan fingerprint density at radius 3 is 2.52 bits per heavy atom. The van der Waals surface area contributed by atoms with E-state index in [4.69, 9.17) is 11.6 Å². The van der Waals surface area contributed by atoms with Crippen LogP contribution in [-0.4, -0.2) is 23.5 Å². The molecule has 0 saturated heterocycles. The van der Waals surface area contributed by atoms with Crippen LogP contribution >= 0.6 is 11.6 Å². The third-order valence-electron chi connectivity index (χ3n) is 5.62. The lowest BCUT2D eigenvalue weighted by Gasteiger charge is -2.32. The molecule has 5 nitrogen and oxygen atoms in total. The average Bonchev–Trinajstić information content (AvgIpc) is 2.74. The molecule has 1 heterocycles. The Morgan fingerprint density at radius 2 is 1.77 bits per heavy atom. The number of amides is 2. The Morgan fingerprint density at radius 1 is 1.00 bits per heavy atom. The highest BCUT2D eigenvalue weighted by atomic mass is 35.5. The molecule has 31 heavy (non-hydrogen) atoms. The summed E-state index contributed by atoms with van der Waals surface area (Å²) in [5, 5.41) is 13.7. The van der Waals surface area contributed by atoms with Gasteiger partial charge in [0.05, 0.1) is 6.10 Å². The second-order valence-electron chi connectivity index (χ2n) is 7.76. The number of aliphatic hydroxyl groups excluding tert-OH is 1. The normalized spacial score (nSPS) is 15.4. The fourth-order valence-electron chi connectivity index (χ4n) is 3.93. The van der Waals surface area contributed by atoms with Crippen molar-refractivity contribution in [2.75, 3.05) is 16.8 Å². The summed E-state index contributed by atoms with van der Waals surface area (Å²) in [5.41, 5.74) is 4.78. The number of anilines is 2. The van der Waals surface area contributed by atoms with Gasteiger partial charge in [-0.25, -0.2) is 0 Å². The highest BCUT2D eigenvalue weighted by Gasteiger charge is 2.29. The molecule has 0 fully saturated rings. The molecular weight excluding hydrogens is 412 g/mol. The summed E-state index contributed by atoms with van der Waals surface area (Å²) in [4.78, 5) is 27.6. The Balaban J connectivity index is 1.58. The smallest absolute Gasteiger partial charge is 0.258 e. The van der Waals surface area contributed by atoms with Crippen molar-refractivity contribution in [3.05, 3.63) is 93.5 Å². The zero-order valence-corrected chi connectivity index (χ0v) is 18.1. The summed E-state index contributed by atoms with van der Waals surface area (Å²) in [6.07, 6.45) is -0.194. The molecule has 1 aliphatic heterocycles. The highest BCUT2D eigenvalue weighted by molar-refractivity contribution is 6.30. The quantitative estimate of drug-likeness (QED) is 0.588. The van der Waals surface area contributed by atoms with Crippen molar-refractivity contribution in [3.8, 4) is 0 Å². The summed E-state index contributed by atoms with van der Waals surface area (Å²) in [5.74, 6) is -0.336. The Labute approximate surface area is 186 Å². The SMILES string of the molecule is Cc1ccccc1C(=O)Nc1ccc(C(=O)N2CC[C@@H](O)c3cc(Cl)ccc32)c(C)c1. The molecule has 1 aliphatic rings. The molecule has 4 rings (SSSR count). The van der Waals surface area contributed by atoms with Gasteiger partial charge in [-0.15, -0.1) is 0 Å². The maximum Gasteiger partial charge on any atom is 0.258 e. The molecule has 0 aromatic heterocycles. The van der Waals surface area contributed by atoms with Gasteiger partial charge in [0.15, 0.2) is 0 Å². The van der Waals surface area contributed by atoms with Crippen LogP contribution < -0.4 is 10.2 Å². The van der Waals surface area contributed by atoms with E-state index in [1.54, 1.807) is 47.4 Å². The lowest BCUT2D eigenvalue weighted by atomic mass is 9.97. The minimum atomic E-state index is -0.641. The van der Waals surface area contributed by atoms with Crippen molar-refractivity contribution in [1.82, 2.24) is 0 Å². The van der Waals surface area contributed by atoms with Crippen LogP contribution in [0.5, 0.6) is 0 Å². The maximum atomic E-state index is 13.3. The summed E-state index contributed by atoms with van der Waals surface area (Å²) in [7, 11) is 0. The number of nitrogens with zero attached hydrogens (tertiary/aromatic N) is 1. The van der Waals surface area contributed by atoms with E-state index >= 15 is 0 Å². The zero-order chi connectivity index (χ0) is 22.1. The zero-order valence-electron chi connectivity index (χ0n) is 17.4. The highest BCUT2D eigenvalue weighted by Crippen LogP contribution is 2.36. The number of benzene rings is 3. The average molecular weight is 435 g/mol. The van der Waals surface area contributed by atoms with Crippen molar-refractivity contribution in [3.63, 3.8) is 0 Å². The van der Waals surface area contributed by atoms with Crippen molar-refractivity contribution in [2.24, 2.45) is 0 Å². The standard InChI is InChI=1S/C25H23ClN2O3/c1-15-5-3-4-6-19(15)24(30)27-18-8-9-20(16(2)13-18)25(31)28-12-11-23(29)21-14-17(26)7-10-22(21)28/h3-10,13-14,23,29H,11-12H2,1-2H3,(H,27,30)/t23-/m1/s1. The number of carbonyl (C=O) groups is 2. The third kappa shape index (κ3) is 4.20. The number of halogens is 1. The molecule has 0 radical (unpaired) electrons. The number of carbonyl (C=O) groups excluding carboxylic acids is 2. The van der Waals surface area contributed by atoms with Gasteiger partial charge in [-0.1, -0.05) is 29.8 Å². The second-order valence-corrected chi connectivity index (χ2v) is 8.20. The van der Waals surface area contributed by atoms with E-state index < -0.39 is 6.10 Å². The molecule has 2 N–H and O–H groups in total. The van der Waals surface area contributed by atoms with Gasteiger partial charge >= 0.3 is 0 Å². The molecule has 0 saturated carbocycles. The molecule has 1 atom stereocenters. The topological polar surface area (TPSA) is 69.6 Å². The molecule has 3 aromatic carbocycles. The maximum absolute atomic E-state index is 13.3. The van der Waals surface area contributed by atoms with Gasteiger partial charge in [0.2, 0.25) is 0 Å². The van der Waals surface area contributed by atoms with Crippen LogP contribution in [0.4, 0.5) is 11.4 Å². The van der Waals surface area contributed by atoms with Gasteiger partial charge in [0, 0.05) is 39.6 Å². The van der Waals surface area contributed by atoms with E-state index in [1.807, 2.05) is 32.0 Å². The van der Waals surface area contributed by atoms with Crippen LogP contribution in [0.15, 0.2) is 60.7 Å². The van der Waals surface area contributed by atoms with Crippen molar-refractivity contribution in [1.29, 1.82) is 0 Å². The van der Waals surface area contributed by atoms with E-state index in [-0.39, 0.29) is 11.8 Å². The predicted octanol–water partition coefficient (Wildman–Crippen LogP) is 5.29. The largest absolute Gasteiger partial charge is 0.388 e. The molecule has 3 aromatic rings. The lowest BCUT2D eigenvalue weighted by Crippen LogP contribution is -2.37. The Hall–Kier alpha value is -3.15. The van der Waals surface area contributed by atoms with Crippen molar-refractivity contribution < 1.29 is 14.7 Å². The number of hydrogen-bond donors (Lipinski definition) is 2. The molecule has 0 spiro atoms. The van der Waals surface area contributed by atoms with Crippen LogP contribution in [0.1, 0.15) is 49.9 Å². The molecule has 0 bridgehead atoms. The van der Waals surface area contributed by atoms with Crippen LogP contribution in [0.2, 0.25) is 5.02 Å². The number of fused-ring (bicyclic) bond motifs is 1. The van der Waals surface area contributed by atoms with Gasteiger partial charge in [-0.2, -0.15) is 0 Å². The molecule has 6 heteroatoms. The Bertz CT molecular complexity index is 1180. The number of aliphatic hydroxyl groups is 1. The first-order valence-corrected chi connectivity index (χ1v) is 10.5. The molecule has 2 amide bonds. The van der Waals surface area contributed by atoms with Gasteiger partial charge in [-0.05, 0) is 73.9 Å². The molecule has 0 unspecified atom stereocenters. The third-order valence-corrected chi connectivity index (χ3v) is 5.85. The van der Waals surface area contributed by atoms with Crippen LogP contribution in [0, 0.1) is 13.8 Å². The van der Waals surface area contributed by atoms with E-state index in [1.165, 1.54) is 0 Å². The fourth-order valence-corrected chi connectivity index (χ4v) is 4.11.